The zero-order valence-corrected chi connectivity index (χ0v) is 7.11. The van der Waals surface area contributed by atoms with Crippen molar-refractivity contribution in [1.29, 1.82) is 0 Å². The van der Waals surface area contributed by atoms with Gasteiger partial charge in [-0.2, -0.15) is 5.10 Å². The molecular formula is C9H8N3O. The molecule has 65 valence electrons. The Bertz CT molecular complexity index is 473. The van der Waals surface area contributed by atoms with E-state index in [1.54, 1.807) is 13.1 Å². The summed E-state index contributed by atoms with van der Waals surface area (Å²) in [5.41, 5.74) is 6.34. The summed E-state index contributed by atoms with van der Waals surface area (Å²) in [7, 11) is 1.69. The highest BCUT2D eigenvalue weighted by Gasteiger charge is 2.12. The predicted octanol–water partition coefficient (Wildman–Crippen LogP) is 0.472. The first-order chi connectivity index (χ1) is 6.20. The van der Waals surface area contributed by atoms with Gasteiger partial charge in [-0.1, -0.05) is 12.1 Å². The highest BCUT2D eigenvalue weighted by atomic mass is 16.1. The third kappa shape index (κ3) is 1.07. The van der Waals surface area contributed by atoms with Crippen LogP contribution in [0.3, 0.4) is 0 Å². The van der Waals surface area contributed by atoms with Crippen molar-refractivity contribution in [3.05, 3.63) is 30.0 Å². The number of amides is 1. The van der Waals surface area contributed by atoms with Crippen molar-refractivity contribution in [1.82, 2.24) is 9.78 Å². The highest BCUT2D eigenvalue weighted by molar-refractivity contribution is 6.03. The van der Waals surface area contributed by atoms with Crippen LogP contribution in [0.5, 0.6) is 0 Å². The third-order valence-corrected chi connectivity index (χ3v) is 1.89. The number of carbonyl (C=O) groups excluding carboxylic acids is 1. The molecule has 0 spiro atoms. The van der Waals surface area contributed by atoms with E-state index in [1.165, 1.54) is 4.68 Å². The minimum Gasteiger partial charge on any atom is -0.364 e. The molecular weight excluding hydrogens is 166 g/mol. The minimum atomic E-state index is -0.479. The number of nitrogens with two attached hydrogens (primary N) is 1. The molecule has 0 saturated heterocycles. The molecule has 2 rings (SSSR count). The molecule has 0 unspecified atom stereocenters. The van der Waals surface area contributed by atoms with Crippen molar-refractivity contribution in [3.63, 3.8) is 0 Å². The third-order valence-electron chi connectivity index (χ3n) is 1.89. The molecule has 2 N–H and O–H groups in total. The fraction of sp³-hybridized carbons (Fsp3) is 0.111. The zero-order valence-electron chi connectivity index (χ0n) is 7.11. The van der Waals surface area contributed by atoms with Crippen molar-refractivity contribution < 1.29 is 4.79 Å². The number of aryl methyl sites for hydroxylation is 1. The van der Waals surface area contributed by atoms with Gasteiger partial charge in [0.05, 0.1) is 5.52 Å². The van der Waals surface area contributed by atoms with Crippen LogP contribution < -0.4 is 5.73 Å². The molecule has 0 saturated carbocycles. The Morgan fingerprint density at radius 1 is 1.69 bits per heavy atom. The van der Waals surface area contributed by atoms with E-state index < -0.39 is 5.91 Å². The molecule has 4 heteroatoms. The maximum Gasteiger partial charge on any atom is 0.267 e. The number of carbonyl (C=O) groups is 1. The number of rotatable bonds is 1. The van der Waals surface area contributed by atoms with E-state index in [0.29, 0.717) is 11.1 Å². The lowest BCUT2D eigenvalue weighted by molar-refractivity contribution is 0.0993. The van der Waals surface area contributed by atoms with Gasteiger partial charge in [0.15, 0.2) is 0 Å². The Balaban J connectivity index is 2.86. The summed E-state index contributed by atoms with van der Waals surface area (Å²) in [6.07, 6.45) is 0. The molecule has 0 aliphatic rings. The van der Waals surface area contributed by atoms with Gasteiger partial charge in [0, 0.05) is 12.4 Å². The Morgan fingerprint density at radius 2 is 2.46 bits per heavy atom. The van der Waals surface area contributed by atoms with Crippen LogP contribution in [0.1, 0.15) is 10.5 Å². The number of nitrogens with zero attached hydrogens (tertiary/aromatic N) is 2. The van der Waals surface area contributed by atoms with E-state index in [-0.39, 0.29) is 0 Å². The lowest BCUT2D eigenvalue weighted by Gasteiger charge is -1.94. The Morgan fingerprint density at radius 3 is 3.15 bits per heavy atom. The molecule has 1 aromatic carbocycles. The average molecular weight is 174 g/mol. The van der Waals surface area contributed by atoms with Crippen LogP contribution in [0.15, 0.2) is 18.2 Å². The average Bonchev–Trinajstić information content (AvgIpc) is 2.39. The molecule has 4 nitrogen and oxygen atoms in total. The standard InChI is InChI=1S/C9H8N3O/c1-12-8(9(10)13)6-4-2-3-5-7(6)11-12/h2-3,5H,1H3,(H2,10,13). The highest BCUT2D eigenvalue weighted by Crippen LogP contribution is 2.15. The molecule has 0 bridgehead atoms. The van der Waals surface area contributed by atoms with Crippen molar-refractivity contribution in [2.75, 3.05) is 0 Å². The van der Waals surface area contributed by atoms with E-state index in [0.717, 1.165) is 5.52 Å². The molecule has 0 aliphatic heterocycles. The fourth-order valence-corrected chi connectivity index (χ4v) is 1.36. The van der Waals surface area contributed by atoms with Crippen LogP contribution in [0.4, 0.5) is 0 Å². The van der Waals surface area contributed by atoms with E-state index in [4.69, 9.17) is 5.73 Å². The lowest BCUT2D eigenvalue weighted by atomic mass is 10.2. The first-order valence-corrected chi connectivity index (χ1v) is 3.83. The van der Waals surface area contributed by atoms with Crippen LogP contribution in [0, 0.1) is 6.07 Å². The largest absolute Gasteiger partial charge is 0.364 e. The molecule has 0 fully saturated rings. The summed E-state index contributed by atoms with van der Waals surface area (Å²) < 4.78 is 1.48. The maximum absolute atomic E-state index is 11.0. The molecule has 0 aliphatic carbocycles. The quantitative estimate of drug-likeness (QED) is 0.683. The summed E-state index contributed by atoms with van der Waals surface area (Å²) in [6.45, 7) is 0. The summed E-state index contributed by atoms with van der Waals surface area (Å²) in [6, 6.07) is 8.31. The molecule has 1 heterocycles. The second-order valence-corrected chi connectivity index (χ2v) is 2.77. The van der Waals surface area contributed by atoms with E-state index in [9.17, 15) is 4.79 Å². The van der Waals surface area contributed by atoms with Crippen molar-refractivity contribution in [3.8, 4) is 0 Å². The van der Waals surface area contributed by atoms with Crippen molar-refractivity contribution in [2.24, 2.45) is 12.8 Å². The van der Waals surface area contributed by atoms with Crippen LogP contribution >= 0.6 is 0 Å². The Labute approximate surface area is 75.0 Å². The van der Waals surface area contributed by atoms with Gasteiger partial charge in [0.1, 0.15) is 5.69 Å². The molecule has 13 heavy (non-hydrogen) atoms. The van der Waals surface area contributed by atoms with Gasteiger partial charge in [-0.3, -0.25) is 9.48 Å². The van der Waals surface area contributed by atoms with Gasteiger partial charge in [-0.15, -0.1) is 0 Å². The normalized spacial score (nSPS) is 10.5. The summed E-state index contributed by atoms with van der Waals surface area (Å²) in [5.74, 6) is -0.479. The van der Waals surface area contributed by atoms with Gasteiger partial charge in [-0.25, -0.2) is 0 Å². The molecule has 1 radical (unpaired) electrons. The number of aromatic nitrogens is 2. The first-order valence-electron chi connectivity index (χ1n) is 3.83. The molecule has 1 amide bonds. The van der Waals surface area contributed by atoms with E-state index in [1.807, 2.05) is 12.1 Å². The smallest absolute Gasteiger partial charge is 0.267 e. The van der Waals surface area contributed by atoms with Crippen LogP contribution in [0.2, 0.25) is 0 Å². The summed E-state index contributed by atoms with van der Waals surface area (Å²) in [4.78, 5) is 11.0. The van der Waals surface area contributed by atoms with Gasteiger partial charge in [-0.05, 0) is 12.1 Å². The second kappa shape index (κ2) is 2.58. The van der Waals surface area contributed by atoms with Crippen LogP contribution in [0.25, 0.3) is 10.9 Å². The lowest BCUT2D eigenvalue weighted by Crippen LogP contribution is -2.15. The van der Waals surface area contributed by atoms with Gasteiger partial charge < -0.3 is 5.73 Å². The summed E-state index contributed by atoms with van der Waals surface area (Å²) >= 11 is 0. The number of hydrogen-bond acceptors (Lipinski definition) is 2. The first kappa shape index (κ1) is 7.79. The van der Waals surface area contributed by atoms with Gasteiger partial charge >= 0.3 is 0 Å². The second-order valence-electron chi connectivity index (χ2n) is 2.77. The fourth-order valence-electron chi connectivity index (χ4n) is 1.36. The monoisotopic (exact) mass is 174 g/mol. The number of benzene rings is 1. The Kier molecular flexibility index (Phi) is 1.55. The van der Waals surface area contributed by atoms with Gasteiger partial charge in [0.25, 0.3) is 5.91 Å². The van der Waals surface area contributed by atoms with Crippen molar-refractivity contribution >= 4 is 16.8 Å². The van der Waals surface area contributed by atoms with Crippen LogP contribution in [-0.4, -0.2) is 15.7 Å². The SMILES string of the molecule is Cn1nc2ccc[c]c2c1C(N)=O. The molecule has 1 aromatic heterocycles. The Hall–Kier alpha value is -1.84. The number of fused-ring (bicyclic) bond motifs is 1. The molecule has 0 atom stereocenters. The number of hydrogen-bond donors (Lipinski definition) is 1. The van der Waals surface area contributed by atoms with E-state index >= 15 is 0 Å². The zero-order chi connectivity index (χ0) is 9.42. The molecule has 2 aromatic rings. The topological polar surface area (TPSA) is 60.9 Å². The predicted molar refractivity (Wildman–Crippen MR) is 48.1 cm³/mol. The summed E-state index contributed by atoms with van der Waals surface area (Å²) in [5, 5.41) is 4.80. The minimum absolute atomic E-state index is 0.399. The number of primary amides is 1. The van der Waals surface area contributed by atoms with Crippen molar-refractivity contribution in [2.45, 2.75) is 0 Å². The van der Waals surface area contributed by atoms with Gasteiger partial charge in [0.2, 0.25) is 0 Å². The maximum atomic E-state index is 11.0. The van der Waals surface area contributed by atoms with Crippen LogP contribution in [-0.2, 0) is 7.05 Å². The van der Waals surface area contributed by atoms with E-state index in [2.05, 4.69) is 11.2 Å².